The van der Waals surface area contributed by atoms with E-state index in [4.69, 9.17) is 16.3 Å². The van der Waals surface area contributed by atoms with E-state index in [2.05, 4.69) is 23.9 Å². The first-order valence-electron chi connectivity index (χ1n) is 10.5. The highest BCUT2D eigenvalue weighted by Crippen LogP contribution is 2.27. The third-order valence-corrected chi connectivity index (χ3v) is 6.90. The van der Waals surface area contributed by atoms with Crippen molar-refractivity contribution in [3.8, 4) is 5.75 Å². The first-order chi connectivity index (χ1) is 15.7. The van der Waals surface area contributed by atoms with Crippen LogP contribution in [0.15, 0.2) is 77.7 Å². The highest BCUT2D eigenvalue weighted by atomic mass is 35.5. The number of sulfonamides is 1. The number of carbonyl (C=O) groups is 1. The molecule has 1 unspecified atom stereocenters. The molecular weight excluding hydrogens is 460 g/mol. The van der Waals surface area contributed by atoms with Crippen molar-refractivity contribution in [2.45, 2.75) is 31.2 Å². The van der Waals surface area contributed by atoms with Gasteiger partial charge in [0.1, 0.15) is 10.6 Å². The van der Waals surface area contributed by atoms with Gasteiger partial charge in [0.15, 0.2) is 0 Å². The van der Waals surface area contributed by atoms with E-state index in [1.807, 2.05) is 24.3 Å². The maximum absolute atomic E-state index is 13.1. The van der Waals surface area contributed by atoms with E-state index in [1.165, 1.54) is 18.2 Å². The number of halogens is 1. The van der Waals surface area contributed by atoms with Crippen molar-refractivity contribution in [3.05, 3.63) is 88.9 Å². The van der Waals surface area contributed by atoms with Crippen molar-refractivity contribution in [2.24, 2.45) is 5.92 Å². The molecule has 1 atom stereocenters. The Hall–Kier alpha value is -3.03. The van der Waals surface area contributed by atoms with E-state index in [0.29, 0.717) is 18.0 Å². The molecule has 0 aromatic heterocycles. The third-order valence-electron chi connectivity index (χ3n) is 5.04. The fourth-order valence-electron chi connectivity index (χ4n) is 3.39. The average Bonchev–Trinajstić information content (AvgIpc) is 2.79. The molecule has 3 aromatic rings. The first-order valence-corrected chi connectivity index (χ1v) is 12.4. The van der Waals surface area contributed by atoms with Crippen molar-refractivity contribution in [1.82, 2.24) is 5.32 Å². The highest BCUT2D eigenvalue weighted by molar-refractivity contribution is 7.92. The number of benzene rings is 3. The smallest absolute Gasteiger partial charge is 0.263 e. The van der Waals surface area contributed by atoms with E-state index in [1.54, 1.807) is 37.4 Å². The largest absolute Gasteiger partial charge is 0.497 e. The molecule has 1 amide bonds. The van der Waals surface area contributed by atoms with Gasteiger partial charge in [0.25, 0.3) is 15.9 Å². The fraction of sp³-hybridized carbons (Fsp3) is 0.240. The van der Waals surface area contributed by atoms with Crippen LogP contribution in [-0.4, -0.2) is 21.4 Å². The molecule has 0 bridgehead atoms. The van der Waals surface area contributed by atoms with Gasteiger partial charge in [-0.05, 0) is 60.4 Å². The van der Waals surface area contributed by atoms with Crippen LogP contribution in [0.5, 0.6) is 5.75 Å². The van der Waals surface area contributed by atoms with Crippen LogP contribution in [0.3, 0.4) is 0 Å². The molecular formula is C25H27ClN2O4S. The molecule has 6 nitrogen and oxygen atoms in total. The molecule has 0 saturated heterocycles. The Labute approximate surface area is 200 Å². The summed E-state index contributed by atoms with van der Waals surface area (Å²) in [6.07, 6.45) is 0.715. The molecule has 0 aliphatic heterocycles. The Balaban J connectivity index is 1.86. The predicted octanol–water partition coefficient (Wildman–Crippen LogP) is 5.67. The van der Waals surface area contributed by atoms with Gasteiger partial charge in [-0.15, -0.1) is 0 Å². The Bertz CT molecular complexity index is 1200. The monoisotopic (exact) mass is 486 g/mol. The van der Waals surface area contributed by atoms with Crippen LogP contribution in [0.25, 0.3) is 0 Å². The Morgan fingerprint density at radius 3 is 2.27 bits per heavy atom. The number of nitrogens with one attached hydrogen (secondary N) is 2. The number of hydrogen-bond donors (Lipinski definition) is 2. The number of hydrogen-bond acceptors (Lipinski definition) is 4. The standard InChI is InChI=1S/C25H27ClN2O4S/c1-17(2)15-23(18-9-12-21(32-3)13-10-18)27-25(29)19-11-14-22(26)24(16-19)33(30,31)28-20-7-5-4-6-8-20/h4-14,16-17,23,28H,15H2,1-3H3,(H,27,29). The van der Waals surface area contributed by atoms with Crippen molar-refractivity contribution in [1.29, 1.82) is 0 Å². The van der Waals surface area contributed by atoms with Crippen LogP contribution < -0.4 is 14.8 Å². The van der Waals surface area contributed by atoms with Crippen molar-refractivity contribution < 1.29 is 17.9 Å². The second-order valence-corrected chi connectivity index (χ2v) is 10.1. The highest BCUT2D eigenvalue weighted by Gasteiger charge is 2.22. The van der Waals surface area contributed by atoms with Gasteiger partial charge < -0.3 is 10.1 Å². The molecule has 0 radical (unpaired) electrons. The zero-order valence-corrected chi connectivity index (χ0v) is 20.3. The lowest BCUT2D eigenvalue weighted by atomic mass is 9.96. The molecule has 174 valence electrons. The summed E-state index contributed by atoms with van der Waals surface area (Å²) in [4.78, 5) is 12.9. The van der Waals surface area contributed by atoms with Gasteiger partial charge in [-0.2, -0.15) is 0 Å². The molecule has 2 N–H and O–H groups in total. The molecule has 0 fully saturated rings. The molecule has 3 rings (SSSR count). The van der Waals surface area contributed by atoms with Gasteiger partial charge in [0, 0.05) is 11.3 Å². The number of rotatable bonds is 9. The van der Waals surface area contributed by atoms with Gasteiger partial charge in [0.2, 0.25) is 0 Å². The minimum atomic E-state index is -3.98. The first kappa shape index (κ1) is 24.6. The molecule has 3 aromatic carbocycles. The van der Waals surface area contributed by atoms with Gasteiger partial charge >= 0.3 is 0 Å². The Morgan fingerprint density at radius 2 is 1.67 bits per heavy atom. The fourth-order valence-corrected chi connectivity index (χ4v) is 4.98. The quantitative estimate of drug-likeness (QED) is 0.408. The predicted molar refractivity (Wildman–Crippen MR) is 131 cm³/mol. The van der Waals surface area contributed by atoms with E-state index < -0.39 is 10.0 Å². The minimum absolute atomic E-state index is 0.0314. The van der Waals surface area contributed by atoms with Crippen LogP contribution in [0, 0.1) is 5.92 Å². The molecule has 0 heterocycles. The van der Waals surface area contributed by atoms with Crippen LogP contribution in [0.1, 0.15) is 42.2 Å². The number of methoxy groups -OCH3 is 1. The summed E-state index contributed by atoms with van der Waals surface area (Å²) in [6, 6.07) is 20.0. The van der Waals surface area contributed by atoms with Crippen LogP contribution in [0.4, 0.5) is 5.69 Å². The lowest BCUT2D eigenvalue weighted by molar-refractivity contribution is 0.0931. The second-order valence-electron chi connectivity index (χ2n) is 8.05. The minimum Gasteiger partial charge on any atom is -0.497 e. The summed E-state index contributed by atoms with van der Waals surface area (Å²) in [7, 11) is -2.38. The Morgan fingerprint density at radius 1 is 1.00 bits per heavy atom. The number of carbonyl (C=O) groups excluding carboxylic acids is 1. The van der Waals surface area contributed by atoms with Gasteiger partial charge in [-0.1, -0.05) is 55.8 Å². The molecule has 0 aliphatic carbocycles. The van der Waals surface area contributed by atoms with E-state index >= 15 is 0 Å². The van der Waals surface area contributed by atoms with Crippen molar-refractivity contribution >= 4 is 33.2 Å². The zero-order valence-electron chi connectivity index (χ0n) is 18.7. The lowest BCUT2D eigenvalue weighted by Gasteiger charge is -2.22. The zero-order chi connectivity index (χ0) is 24.0. The summed E-state index contributed by atoms with van der Waals surface area (Å²) in [6.45, 7) is 4.15. The average molecular weight is 487 g/mol. The van der Waals surface area contributed by atoms with Gasteiger partial charge in [-0.25, -0.2) is 8.42 Å². The van der Waals surface area contributed by atoms with Gasteiger partial charge in [0.05, 0.1) is 18.2 Å². The normalized spacial score (nSPS) is 12.3. The molecule has 0 aliphatic rings. The third kappa shape index (κ3) is 6.49. The van der Waals surface area contributed by atoms with Crippen molar-refractivity contribution in [3.63, 3.8) is 0 Å². The van der Waals surface area contributed by atoms with Crippen LogP contribution in [0.2, 0.25) is 5.02 Å². The summed E-state index contributed by atoms with van der Waals surface area (Å²) in [5.41, 5.74) is 1.54. The van der Waals surface area contributed by atoms with Crippen LogP contribution >= 0.6 is 11.6 Å². The van der Waals surface area contributed by atoms with E-state index in [-0.39, 0.29) is 27.4 Å². The lowest BCUT2D eigenvalue weighted by Crippen LogP contribution is -2.29. The van der Waals surface area contributed by atoms with Crippen molar-refractivity contribution in [2.75, 3.05) is 11.8 Å². The maximum atomic E-state index is 13.1. The van der Waals surface area contributed by atoms with Gasteiger partial charge in [-0.3, -0.25) is 9.52 Å². The number of para-hydroxylation sites is 1. The topological polar surface area (TPSA) is 84.5 Å². The number of anilines is 1. The summed E-state index contributed by atoms with van der Waals surface area (Å²) < 4.78 is 33.5. The van der Waals surface area contributed by atoms with Crippen LogP contribution in [-0.2, 0) is 10.0 Å². The maximum Gasteiger partial charge on any atom is 0.263 e. The summed E-state index contributed by atoms with van der Waals surface area (Å²) in [5, 5.41) is 3.06. The second kappa shape index (κ2) is 10.7. The summed E-state index contributed by atoms with van der Waals surface area (Å²) in [5.74, 6) is 0.671. The molecule has 0 spiro atoms. The van der Waals surface area contributed by atoms with E-state index in [0.717, 1.165) is 11.3 Å². The number of ether oxygens (including phenoxy) is 1. The van der Waals surface area contributed by atoms with E-state index in [9.17, 15) is 13.2 Å². The Kier molecular flexibility index (Phi) is 8.00. The molecule has 0 saturated carbocycles. The molecule has 33 heavy (non-hydrogen) atoms. The molecule has 8 heteroatoms. The summed E-state index contributed by atoms with van der Waals surface area (Å²) >= 11 is 6.19. The SMILES string of the molecule is COc1ccc(C(CC(C)C)NC(=O)c2ccc(Cl)c(S(=O)(=O)Nc3ccccc3)c2)cc1. The number of amides is 1.